The minimum Gasteiger partial charge on any atom is -0.388 e. The number of benzene rings is 1. The molecule has 0 aliphatic rings. The Morgan fingerprint density at radius 3 is 2.58 bits per heavy atom. The molecule has 0 radical (unpaired) electrons. The van der Waals surface area contributed by atoms with Crippen LogP contribution in [0, 0.1) is 0 Å². The van der Waals surface area contributed by atoms with E-state index in [2.05, 4.69) is 20.4 Å². The molecule has 0 aliphatic heterocycles. The number of H-pyrrole nitrogens is 1. The summed E-state index contributed by atoms with van der Waals surface area (Å²) in [6.07, 6.45) is 4.36. The van der Waals surface area contributed by atoms with E-state index in [0.717, 1.165) is 5.56 Å². The van der Waals surface area contributed by atoms with Gasteiger partial charge in [-0.1, -0.05) is 30.3 Å². The lowest BCUT2D eigenvalue weighted by atomic mass is 9.91. The third-order valence-corrected chi connectivity index (χ3v) is 3.87. The van der Waals surface area contributed by atoms with Crippen molar-refractivity contribution in [3.8, 4) is 5.95 Å². The van der Waals surface area contributed by atoms with Gasteiger partial charge in [0, 0.05) is 18.6 Å². The average Bonchev–Trinajstić information content (AvgIpc) is 3.13. The van der Waals surface area contributed by atoms with Gasteiger partial charge in [0.25, 0.3) is 11.5 Å². The van der Waals surface area contributed by atoms with Crippen molar-refractivity contribution < 1.29 is 9.90 Å². The van der Waals surface area contributed by atoms with Crippen LogP contribution in [0.15, 0.2) is 59.8 Å². The number of aromatic nitrogens is 4. The van der Waals surface area contributed by atoms with Crippen molar-refractivity contribution in [2.45, 2.75) is 25.5 Å². The van der Waals surface area contributed by atoms with E-state index in [0.29, 0.717) is 0 Å². The summed E-state index contributed by atoms with van der Waals surface area (Å²) in [5.41, 5.74) is -1.24. The molecular formula is C18H19N5O3. The second-order valence-corrected chi connectivity index (χ2v) is 6.37. The van der Waals surface area contributed by atoms with Crippen molar-refractivity contribution >= 4 is 5.91 Å². The quantitative estimate of drug-likeness (QED) is 0.638. The highest BCUT2D eigenvalue weighted by Gasteiger charge is 2.30. The van der Waals surface area contributed by atoms with Gasteiger partial charge in [0.2, 0.25) is 5.95 Å². The summed E-state index contributed by atoms with van der Waals surface area (Å²) in [6.45, 7) is 3.18. The van der Waals surface area contributed by atoms with Crippen LogP contribution >= 0.6 is 0 Å². The van der Waals surface area contributed by atoms with Crippen LogP contribution in [-0.4, -0.2) is 36.4 Å². The topological polar surface area (TPSA) is 113 Å². The molecule has 0 saturated carbocycles. The molecule has 134 valence electrons. The SMILES string of the molecule is CC(C)(O)[C@H](NC(=O)c1cnc(-n2cccn2)[nH]c1=O)c1ccccc1. The van der Waals surface area contributed by atoms with Gasteiger partial charge in [-0.05, 0) is 25.5 Å². The highest BCUT2D eigenvalue weighted by molar-refractivity contribution is 5.93. The summed E-state index contributed by atoms with van der Waals surface area (Å²) in [4.78, 5) is 31.5. The van der Waals surface area contributed by atoms with Crippen LogP contribution in [-0.2, 0) is 0 Å². The lowest BCUT2D eigenvalue weighted by Gasteiger charge is -2.30. The van der Waals surface area contributed by atoms with Crippen molar-refractivity contribution in [3.05, 3.63) is 76.5 Å². The van der Waals surface area contributed by atoms with Crippen LogP contribution in [0.2, 0.25) is 0 Å². The summed E-state index contributed by atoms with van der Waals surface area (Å²) in [5, 5.41) is 17.1. The molecule has 1 aromatic carbocycles. The molecule has 8 heteroatoms. The van der Waals surface area contributed by atoms with Crippen LogP contribution in [0.4, 0.5) is 0 Å². The summed E-state index contributed by atoms with van der Waals surface area (Å²) < 4.78 is 1.38. The predicted octanol–water partition coefficient (Wildman–Crippen LogP) is 1.20. The molecule has 3 rings (SSSR count). The van der Waals surface area contributed by atoms with E-state index in [1.54, 1.807) is 44.4 Å². The number of nitrogens with zero attached hydrogens (tertiary/aromatic N) is 3. The molecule has 2 heterocycles. The first-order chi connectivity index (χ1) is 12.4. The number of carbonyl (C=O) groups is 1. The Kier molecular flexibility index (Phi) is 4.68. The first kappa shape index (κ1) is 17.6. The summed E-state index contributed by atoms with van der Waals surface area (Å²) in [7, 11) is 0. The average molecular weight is 353 g/mol. The Bertz CT molecular complexity index is 943. The number of aromatic amines is 1. The minimum atomic E-state index is -1.23. The Hall–Kier alpha value is -3.26. The largest absolute Gasteiger partial charge is 0.388 e. The molecule has 2 aromatic heterocycles. The predicted molar refractivity (Wildman–Crippen MR) is 94.9 cm³/mol. The van der Waals surface area contributed by atoms with Gasteiger partial charge < -0.3 is 10.4 Å². The smallest absolute Gasteiger partial charge is 0.265 e. The normalized spacial score (nSPS) is 12.6. The van der Waals surface area contributed by atoms with E-state index < -0.39 is 23.1 Å². The zero-order valence-electron chi connectivity index (χ0n) is 14.4. The minimum absolute atomic E-state index is 0.147. The molecule has 1 amide bonds. The molecular weight excluding hydrogens is 334 g/mol. The summed E-state index contributed by atoms with van der Waals surface area (Å²) in [6, 6.07) is 10.1. The molecule has 0 aliphatic carbocycles. The third kappa shape index (κ3) is 3.70. The fraction of sp³-hybridized carbons (Fsp3) is 0.222. The number of rotatable bonds is 5. The number of carbonyl (C=O) groups excluding carboxylic acids is 1. The van der Waals surface area contributed by atoms with E-state index in [1.807, 2.05) is 18.2 Å². The second-order valence-electron chi connectivity index (χ2n) is 6.37. The van der Waals surface area contributed by atoms with Crippen LogP contribution in [0.3, 0.4) is 0 Å². The fourth-order valence-electron chi connectivity index (χ4n) is 2.58. The second kappa shape index (κ2) is 6.93. The van der Waals surface area contributed by atoms with Crippen molar-refractivity contribution in [2.24, 2.45) is 0 Å². The van der Waals surface area contributed by atoms with Crippen molar-refractivity contribution in [1.29, 1.82) is 0 Å². The van der Waals surface area contributed by atoms with Gasteiger partial charge >= 0.3 is 0 Å². The molecule has 0 spiro atoms. The van der Waals surface area contributed by atoms with Crippen LogP contribution in [0.25, 0.3) is 5.95 Å². The van der Waals surface area contributed by atoms with Gasteiger partial charge in [0.05, 0.1) is 11.6 Å². The molecule has 3 aromatic rings. The van der Waals surface area contributed by atoms with Crippen LogP contribution in [0.5, 0.6) is 0 Å². The monoisotopic (exact) mass is 353 g/mol. The Labute approximate surface area is 149 Å². The Balaban J connectivity index is 1.88. The first-order valence-corrected chi connectivity index (χ1v) is 8.04. The third-order valence-electron chi connectivity index (χ3n) is 3.87. The number of aliphatic hydroxyl groups is 1. The van der Waals surface area contributed by atoms with Crippen molar-refractivity contribution in [2.75, 3.05) is 0 Å². The molecule has 0 unspecified atom stereocenters. The maximum atomic E-state index is 12.6. The van der Waals surface area contributed by atoms with E-state index in [9.17, 15) is 14.7 Å². The van der Waals surface area contributed by atoms with E-state index in [4.69, 9.17) is 0 Å². The van der Waals surface area contributed by atoms with Gasteiger partial charge in [-0.2, -0.15) is 5.10 Å². The molecule has 26 heavy (non-hydrogen) atoms. The molecule has 8 nitrogen and oxygen atoms in total. The number of nitrogens with one attached hydrogen (secondary N) is 2. The van der Waals surface area contributed by atoms with Crippen LogP contribution in [0.1, 0.15) is 35.8 Å². The maximum absolute atomic E-state index is 12.6. The van der Waals surface area contributed by atoms with Gasteiger partial charge in [-0.3, -0.25) is 14.6 Å². The molecule has 0 fully saturated rings. The lowest BCUT2D eigenvalue weighted by Crippen LogP contribution is -2.43. The fourth-order valence-corrected chi connectivity index (χ4v) is 2.58. The maximum Gasteiger partial charge on any atom is 0.265 e. The van der Waals surface area contributed by atoms with Gasteiger partial charge in [0.1, 0.15) is 5.56 Å². The van der Waals surface area contributed by atoms with Crippen LogP contribution < -0.4 is 10.9 Å². The zero-order valence-corrected chi connectivity index (χ0v) is 14.4. The summed E-state index contributed by atoms with van der Waals surface area (Å²) >= 11 is 0. The Morgan fingerprint density at radius 1 is 1.27 bits per heavy atom. The van der Waals surface area contributed by atoms with Gasteiger partial charge in [-0.25, -0.2) is 9.67 Å². The zero-order chi connectivity index (χ0) is 18.7. The highest BCUT2D eigenvalue weighted by atomic mass is 16.3. The Morgan fingerprint density at radius 2 is 2.00 bits per heavy atom. The molecule has 3 N–H and O–H groups in total. The molecule has 0 saturated heterocycles. The molecule has 0 bridgehead atoms. The van der Waals surface area contributed by atoms with Gasteiger partial charge in [-0.15, -0.1) is 0 Å². The highest BCUT2D eigenvalue weighted by Crippen LogP contribution is 2.25. The number of hydrogen-bond acceptors (Lipinski definition) is 5. The van der Waals surface area contributed by atoms with E-state index >= 15 is 0 Å². The van der Waals surface area contributed by atoms with E-state index in [-0.39, 0.29) is 11.5 Å². The van der Waals surface area contributed by atoms with E-state index in [1.165, 1.54) is 10.9 Å². The number of amides is 1. The van der Waals surface area contributed by atoms with Crippen molar-refractivity contribution in [1.82, 2.24) is 25.1 Å². The molecule has 1 atom stereocenters. The lowest BCUT2D eigenvalue weighted by molar-refractivity contribution is 0.0343. The number of hydrogen-bond donors (Lipinski definition) is 3. The summed E-state index contributed by atoms with van der Waals surface area (Å²) in [5.74, 6) is -0.416. The van der Waals surface area contributed by atoms with Crippen molar-refractivity contribution in [3.63, 3.8) is 0 Å². The van der Waals surface area contributed by atoms with Gasteiger partial charge in [0.15, 0.2) is 0 Å². The standard InChI is InChI=1S/C18H19N5O3/c1-18(2,26)14(12-7-4-3-5-8-12)21-15(24)13-11-19-17(22-16(13)25)23-10-6-9-20-23/h3-11,14,26H,1-2H3,(H,21,24)(H,19,22,25)/t14-/m1/s1. The first-order valence-electron chi connectivity index (χ1n) is 8.04.